The summed E-state index contributed by atoms with van der Waals surface area (Å²) in [5, 5.41) is 17.6. The number of nitrogens with zero attached hydrogens (tertiary/aromatic N) is 3. The molecule has 180 valence electrons. The molecular formula is C18H26N6O6P2S. The zero-order chi connectivity index (χ0) is 23.4. The van der Waals surface area contributed by atoms with E-state index in [1.54, 1.807) is 16.3 Å². The van der Waals surface area contributed by atoms with Crippen LogP contribution >= 0.6 is 30.7 Å². The first-order valence-electron chi connectivity index (χ1n) is 10.3. The van der Waals surface area contributed by atoms with Crippen LogP contribution in [0.3, 0.4) is 0 Å². The first-order valence-corrected chi connectivity index (χ1v) is 12.3. The summed E-state index contributed by atoms with van der Waals surface area (Å²) in [6.07, 6.45) is 2.32. The monoisotopic (exact) mass is 516 g/mol. The van der Waals surface area contributed by atoms with E-state index in [9.17, 15) is 14.7 Å². The number of amides is 1. The van der Waals surface area contributed by atoms with E-state index in [0.717, 1.165) is 5.75 Å². The lowest BCUT2D eigenvalue weighted by Gasteiger charge is -2.17. The SMILES string of the molecule is O=C(CCNC(O)C1C=CSC1)Nc1nc2c(ncn2[C@H]2CC(OP)[C@@H](COP)O2)c(=O)[nH]1. The first-order chi connectivity index (χ1) is 16.0. The van der Waals surface area contributed by atoms with E-state index in [-0.39, 0.29) is 54.1 Å². The van der Waals surface area contributed by atoms with Crippen molar-refractivity contribution >= 4 is 53.7 Å². The number of aliphatic hydroxyl groups is 1. The molecule has 5 unspecified atom stereocenters. The smallest absolute Gasteiger partial charge is 0.280 e. The molecule has 1 amide bonds. The average molecular weight is 516 g/mol. The molecule has 4 heterocycles. The number of hydrogen-bond donors (Lipinski definition) is 4. The van der Waals surface area contributed by atoms with E-state index >= 15 is 0 Å². The van der Waals surface area contributed by atoms with Crippen molar-refractivity contribution in [1.82, 2.24) is 24.8 Å². The summed E-state index contributed by atoms with van der Waals surface area (Å²) in [7, 11) is 4.41. The number of aliphatic hydroxyl groups excluding tert-OH is 1. The molecule has 1 saturated heterocycles. The molecule has 0 radical (unpaired) electrons. The van der Waals surface area contributed by atoms with Gasteiger partial charge in [0.15, 0.2) is 11.2 Å². The van der Waals surface area contributed by atoms with Gasteiger partial charge in [0, 0.05) is 50.0 Å². The molecule has 12 nitrogen and oxygen atoms in total. The van der Waals surface area contributed by atoms with Gasteiger partial charge in [0.25, 0.3) is 5.56 Å². The van der Waals surface area contributed by atoms with E-state index in [0.29, 0.717) is 13.0 Å². The number of nitrogens with one attached hydrogen (secondary N) is 3. The highest BCUT2D eigenvalue weighted by atomic mass is 32.2. The molecule has 7 atom stereocenters. The summed E-state index contributed by atoms with van der Waals surface area (Å²) < 4.78 is 18.1. The minimum atomic E-state index is -0.714. The second-order valence-corrected chi connectivity index (χ2v) is 9.18. The third-order valence-corrected chi connectivity index (χ3v) is 6.91. The van der Waals surface area contributed by atoms with Gasteiger partial charge in [0.2, 0.25) is 11.9 Å². The summed E-state index contributed by atoms with van der Waals surface area (Å²) in [4.78, 5) is 35.9. The third-order valence-electron chi connectivity index (χ3n) is 5.44. The van der Waals surface area contributed by atoms with E-state index in [2.05, 4.69) is 44.5 Å². The lowest BCUT2D eigenvalue weighted by atomic mass is 10.1. The van der Waals surface area contributed by atoms with Gasteiger partial charge in [0.1, 0.15) is 18.6 Å². The number of anilines is 1. The number of thioether (sulfide) groups is 1. The molecule has 2 aromatic rings. The maximum Gasteiger partial charge on any atom is 0.280 e. The van der Waals surface area contributed by atoms with Crippen LogP contribution in [0.5, 0.6) is 0 Å². The number of imidazole rings is 1. The summed E-state index contributed by atoms with van der Waals surface area (Å²) >= 11 is 1.64. The highest BCUT2D eigenvalue weighted by molar-refractivity contribution is 8.02. The fourth-order valence-corrected chi connectivity index (χ4v) is 5.13. The number of rotatable bonds is 10. The molecule has 1 fully saturated rings. The highest BCUT2D eigenvalue weighted by Gasteiger charge is 2.37. The van der Waals surface area contributed by atoms with Crippen molar-refractivity contribution in [1.29, 1.82) is 0 Å². The van der Waals surface area contributed by atoms with E-state index in [1.165, 1.54) is 6.33 Å². The Bertz CT molecular complexity index is 1070. The molecule has 0 saturated carbocycles. The van der Waals surface area contributed by atoms with Gasteiger partial charge in [0.05, 0.1) is 19.0 Å². The topological polar surface area (TPSA) is 153 Å². The Balaban J connectivity index is 1.41. The number of aromatic amines is 1. The standard InChI is InChI=1S/C18H26N6O6P2S/c25-12(1-3-19-16(26)9-2-4-33-7-9)21-18-22-15-14(17(27)23-18)20-8-24(15)13-5-10(30-32)11(29-13)6-28-31/h2,4,8-11,13,16,19,26H,1,3,5-7,31-32H2,(H2,21,22,23,25,27)/t9?,10?,11-,13-,16?/m1/s1. The normalized spacial score (nSPS) is 25.7. The van der Waals surface area contributed by atoms with Crippen molar-refractivity contribution in [3.63, 3.8) is 0 Å². The second kappa shape index (κ2) is 11.3. The zero-order valence-corrected chi connectivity index (χ0v) is 20.7. The van der Waals surface area contributed by atoms with E-state index in [1.807, 2.05) is 11.5 Å². The minimum absolute atomic E-state index is 0.0108. The number of carbonyl (C=O) groups excluding carboxylic acids is 1. The third kappa shape index (κ3) is 5.80. The fourth-order valence-electron chi connectivity index (χ4n) is 3.71. The van der Waals surface area contributed by atoms with Gasteiger partial charge in [-0.15, -0.1) is 11.8 Å². The van der Waals surface area contributed by atoms with Gasteiger partial charge in [-0.2, -0.15) is 4.98 Å². The summed E-state index contributed by atoms with van der Waals surface area (Å²) in [5.74, 6) is 0.483. The Morgan fingerprint density at radius 2 is 2.33 bits per heavy atom. The van der Waals surface area contributed by atoms with Crippen LogP contribution in [0.15, 0.2) is 22.6 Å². The van der Waals surface area contributed by atoms with Crippen molar-refractivity contribution in [3.05, 3.63) is 28.2 Å². The minimum Gasteiger partial charge on any atom is -0.378 e. The van der Waals surface area contributed by atoms with Crippen LogP contribution in [0.1, 0.15) is 19.1 Å². The number of aromatic nitrogens is 4. The molecule has 0 spiro atoms. The molecule has 33 heavy (non-hydrogen) atoms. The quantitative estimate of drug-likeness (QED) is 0.259. The Morgan fingerprint density at radius 1 is 1.48 bits per heavy atom. The maximum absolute atomic E-state index is 12.5. The summed E-state index contributed by atoms with van der Waals surface area (Å²) in [5.41, 5.74) is -0.0548. The largest absolute Gasteiger partial charge is 0.378 e. The van der Waals surface area contributed by atoms with Crippen molar-refractivity contribution in [3.8, 4) is 0 Å². The highest BCUT2D eigenvalue weighted by Crippen LogP contribution is 2.33. The average Bonchev–Trinajstić information content (AvgIpc) is 3.53. The van der Waals surface area contributed by atoms with Crippen LogP contribution in [0.2, 0.25) is 0 Å². The first kappa shape index (κ1) is 24.7. The lowest BCUT2D eigenvalue weighted by Crippen LogP contribution is -2.37. The van der Waals surface area contributed by atoms with Crippen LogP contribution in [0.25, 0.3) is 11.2 Å². The van der Waals surface area contributed by atoms with Crippen molar-refractivity contribution in [2.75, 3.05) is 24.2 Å². The van der Waals surface area contributed by atoms with Crippen molar-refractivity contribution in [2.45, 2.75) is 37.5 Å². The molecule has 2 aliphatic rings. The van der Waals surface area contributed by atoms with Crippen LogP contribution in [0.4, 0.5) is 5.95 Å². The fraction of sp³-hybridized carbons (Fsp3) is 0.556. The van der Waals surface area contributed by atoms with Crippen molar-refractivity contribution < 1.29 is 23.7 Å². The second-order valence-electron chi connectivity index (χ2n) is 7.63. The van der Waals surface area contributed by atoms with Crippen LogP contribution < -0.4 is 16.2 Å². The summed E-state index contributed by atoms with van der Waals surface area (Å²) in [6, 6.07) is 0. The number of hydrogen-bond acceptors (Lipinski definition) is 10. The van der Waals surface area contributed by atoms with Crippen LogP contribution in [-0.2, 0) is 18.6 Å². The Hall–Kier alpha value is -1.43. The van der Waals surface area contributed by atoms with Crippen LogP contribution in [0, 0.1) is 5.92 Å². The maximum atomic E-state index is 12.5. The number of ether oxygens (including phenoxy) is 1. The molecule has 15 heteroatoms. The van der Waals surface area contributed by atoms with Gasteiger partial charge < -0.3 is 18.9 Å². The van der Waals surface area contributed by atoms with E-state index < -0.39 is 18.0 Å². The zero-order valence-electron chi connectivity index (χ0n) is 17.5. The van der Waals surface area contributed by atoms with Crippen LogP contribution in [-0.4, -0.2) is 67.9 Å². The molecule has 0 aliphatic carbocycles. The predicted octanol–water partition coefficient (Wildman–Crippen LogP) is 0.502. The molecular weight excluding hydrogens is 490 g/mol. The Labute approximate surface area is 198 Å². The molecule has 4 N–H and O–H groups in total. The van der Waals surface area contributed by atoms with Gasteiger partial charge in [-0.05, 0) is 5.41 Å². The Morgan fingerprint density at radius 3 is 3.06 bits per heavy atom. The summed E-state index contributed by atoms with van der Waals surface area (Å²) in [6.45, 7) is 0.596. The van der Waals surface area contributed by atoms with E-state index in [4.69, 9.17) is 13.8 Å². The van der Waals surface area contributed by atoms with Gasteiger partial charge >= 0.3 is 0 Å². The molecule has 2 aromatic heterocycles. The number of carbonyl (C=O) groups is 1. The Kier molecular flexibility index (Phi) is 8.48. The van der Waals surface area contributed by atoms with Gasteiger partial charge in [-0.1, -0.05) is 6.08 Å². The lowest BCUT2D eigenvalue weighted by molar-refractivity contribution is -0.116. The molecule has 0 aromatic carbocycles. The molecule has 4 rings (SSSR count). The molecule has 0 bridgehead atoms. The number of H-pyrrole nitrogens is 1. The number of fused-ring (bicyclic) bond motifs is 1. The predicted molar refractivity (Wildman–Crippen MR) is 129 cm³/mol. The van der Waals surface area contributed by atoms with Gasteiger partial charge in [-0.3, -0.25) is 29.8 Å². The van der Waals surface area contributed by atoms with Gasteiger partial charge in [-0.25, -0.2) is 4.98 Å². The molecule has 2 aliphatic heterocycles. The van der Waals surface area contributed by atoms with Crippen molar-refractivity contribution in [2.24, 2.45) is 5.92 Å².